The molecular formula is C12H19NO2. The van der Waals surface area contributed by atoms with E-state index in [9.17, 15) is 0 Å². The lowest BCUT2D eigenvalue weighted by molar-refractivity contribution is 0.0932. The maximum atomic E-state index is 9.14. The molecule has 84 valence electrons. The Hall–Kier alpha value is -1.06. The van der Waals surface area contributed by atoms with Crippen LogP contribution in [0.15, 0.2) is 24.3 Å². The van der Waals surface area contributed by atoms with Crippen molar-refractivity contribution in [2.45, 2.75) is 32.4 Å². The molecule has 0 fully saturated rings. The van der Waals surface area contributed by atoms with Crippen molar-refractivity contribution in [1.29, 1.82) is 0 Å². The van der Waals surface area contributed by atoms with E-state index in [0.717, 1.165) is 12.2 Å². The second-order valence-electron chi connectivity index (χ2n) is 3.72. The second-order valence-corrected chi connectivity index (χ2v) is 3.72. The third kappa shape index (κ3) is 3.53. The number of rotatable bonds is 5. The van der Waals surface area contributed by atoms with E-state index < -0.39 is 0 Å². The minimum Gasteiger partial charge on any atom is -0.486 e. The molecule has 0 aliphatic rings. The van der Waals surface area contributed by atoms with E-state index >= 15 is 0 Å². The Balaban J connectivity index is 2.62. The zero-order valence-electron chi connectivity index (χ0n) is 9.31. The van der Waals surface area contributed by atoms with E-state index in [1.54, 1.807) is 0 Å². The predicted molar refractivity (Wildman–Crippen MR) is 60.9 cm³/mol. The van der Waals surface area contributed by atoms with Gasteiger partial charge in [0.25, 0.3) is 0 Å². The molecule has 0 aromatic heterocycles. The minimum absolute atomic E-state index is 0.0527. The average Bonchev–Trinajstić information content (AvgIpc) is 2.27. The molecule has 0 saturated heterocycles. The van der Waals surface area contributed by atoms with E-state index in [-0.39, 0.29) is 18.8 Å². The zero-order valence-corrected chi connectivity index (χ0v) is 9.31. The van der Waals surface area contributed by atoms with Crippen molar-refractivity contribution in [2.75, 3.05) is 6.61 Å². The Bertz CT molecular complexity index is 284. The fraction of sp³-hybridized carbons (Fsp3) is 0.500. The van der Waals surface area contributed by atoms with Crippen LogP contribution in [0.5, 0.6) is 5.75 Å². The SMILES string of the molecule is CCC(N)C(CO)Oc1ccc(C)cc1. The molecule has 0 heterocycles. The molecule has 0 aliphatic carbocycles. The Labute approximate surface area is 90.9 Å². The Kier molecular flexibility index (Phi) is 4.59. The highest BCUT2D eigenvalue weighted by atomic mass is 16.5. The fourth-order valence-corrected chi connectivity index (χ4v) is 1.31. The molecule has 2 unspecified atom stereocenters. The summed E-state index contributed by atoms with van der Waals surface area (Å²) in [7, 11) is 0. The summed E-state index contributed by atoms with van der Waals surface area (Å²) in [6.45, 7) is 3.94. The summed E-state index contributed by atoms with van der Waals surface area (Å²) in [4.78, 5) is 0. The smallest absolute Gasteiger partial charge is 0.137 e. The summed E-state index contributed by atoms with van der Waals surface area (Å²) in [6, 6.07) is 7.60. The van der Waals surface area contributed by atoms with Gasteiger partial charge in [-0.25, -0.2) is 0 Å². The van der Waals surface area contributed by atoms with Crippen molar-refractivity contribution >= 4 is 0 Å². The first-order chi connectivity index (χ1) is 7.17. The topological polar surface area (TPSA) is 55.5 Å². The Morgan fingerprint density at radius 2 is 1.93 bits per heavy atom. The minimum atomic E-state index is -0.322. The molecule has 0 saturated carbocycles. The van der Waals surface area contributed by atoms with Crippen molar-refractivity contribution in [3.63, 3.8) is 0 Å². The van der Waals surface area contributed by atoms with Gasteiger partial charge < -0.3 is 15.6 Å². The highest BCUT2D eigenvalue weighted by molar-refractivity contribution is 5.26. The van der Waals surface area contributed by atoms with Gasteiger partial charge in [0.15, 0.2) is 0 Å². The van der Waals surface area contributed by atoms with Gasteiger partial charge in [0, 0.05) is 6.04 Å². The van der Waals surface area contributed by atoms with Crippen LogP contribution in [0.1, 0.15) is 18.9 Å². The Morgan fingerprint density at radius 1 is 1.33 bits per heavy atom. The average molecular weight is 209 g/mol. The molecule has 0 radical (unpaired) electrons. The van der Waals surface area contributed by atoms with Gasteiger partial charge in [0.1, 0.15) is 11.9 Å². The standard InChI is InChI=1S/C12H19NO2/c1-3-11(13)12(8-14)15-10-6-4-9(2)5-7-10/h4-7,11-12,14H,3,8,13H2,1-2H3. The van der Waals surface area contributed by atoms with E-state index in [0.29, 0.717) is 0 Å². The summed E-state index contributed by atoms with van der Waals surface area (Å²) in [6.07, 6.45) is 0.467. The van der Waals surface area contributed by atoms with E-state index in [1.807, 2.05) is 38.1 Å². The van der Waals surface area contributed by atoms with Gasteiger partial charge >= 0.3 is 0 Å². The number of aliphatic hydroxyl groups is 1. The molecule has 1 rings (SSSR count). The molecule has 1 aromatic rings. The molecule has 1 aromatic carbocycles. The third-order valence-corrected chi connectivity index (χ3v) is 2.44. The van der Waals surface area contributed by atoms with E-state index in [2.05, 4.69) is 0 Å². The van der Waals surface area contributed by atoms with Crippen molar-refractivity contribution in [2.24, 2.45) is 5.73 Å². The van der Waals surface area contributed by atoms with Crippen LogP contribution >= 0.6 is 0 Å². The highest BCUT2D eigenvalue weighted by Crippen LogP contribution is 2.14. The number of ether oxygens (including phenoxy) is 1. The van der Waals surface area contributed by atoms with Gasteiger partial charge in [0.05, 0.1) is 6.61 Å². The first-order valence-corrected chi connectivity index (χ1v) is 5.27. The first kappa shape index (κ1) is 12.0. The van der Waals surface area contributed by atoms with Crippen molar-refractivity contribution in [1.82, 2.24) is 0 Å². The summed E-state index contributed by atoms with van der Waals surface area (Å²) in [5, 5.41) is 9.14. The molecule has 15 heavy (non-hydrogen) atoms. The quantitative estimate of drug-likeness (QED) is 0.772. The summed E-state index contributed by atoms with van der Waals surface area (Å²) < 4.78 is 5.60. The van der Waals surface area contributed by atoms with Gasteiger partial charge in [-0.15, -0.1) is 0 Å². The number of nitrogens with two attached hydrogens (primary N) is 1. The van der Waals surface area contributed by atoms with Gasteiger partial charge in [-0.3, -0.25) is 0 Å². The van der Waals surface area contributed by atoms with Crippen LogP contribution < -0.4 is 10.5 Å². The molecule has 0 aliphatic heterocycles. The van der Waals surface area contributed by atoms with Crippen molar-refractivity contribution in [3.05, 3.63) is 29.8 Å². The lowest BCUT2D eigenvalue weighted by atomic mass is 10.1. The maximum absolute atomic E-state index is 9.14. The van der Waals surface area contributed by atoms with E-state index in [4.69, 9.17) is 15.6 Å². The molecule has 0 spiro atoms. The molecule has 0 amide bonds. The molecule has 3 N–H and O–H groups in total. The highest BCUT2D eigenvalue weighted by Gasteiger charge is 2.16. The maximum Gasteiger partial charge on any atom is 0.137 e. The van der Waals surface area contributed by atoms with Crippen LogP contribution in [-0.2, 0) is 0 Å². The largest absolute Gasteiger partial charge is 0.486 e. The van der Waals surface area contributed by atoms with Crippen LogP contribution in [0.3, 0.4) is 0 Å². The number of hydrogen-bond donors (Lipinski definition) is 2. The van der Waals surface area contributed by atoms with Crippen LogP contribution in [0.2, 0.25) is 0 Å². The van der Waals surface area contributed by atoms with Gasteiger partial charge in [-0.1, -0.05) is 24.6 Å². The lowest BCUT2D eigenvalue weighted by Gasteiger charge is -2.22. The van der Waals surface area contributed by atoms with Crippen LogP contribution in [-0.4, -0.2) is 23.9 Å². The summed E-state index contributed by atoms with van der Waals surface area (Å²) in [5.41, 5.74) is 7.00. The number of aryl methyl sites for hydroxylation is 1. The van der Waals surface area contributed by atoms with Crippen LogP contribution in [0.25, 0.3) is 0 Å². The number of aliphatic hydroxyl groups excluding tert-OH is 1. The monoisotopic (exact) mass is 209 g/mol. The normalized spacial score (nSPS) is 14.7. The van der Waals surface area contributed by atoms with Gasteiger partial charge in [-0.2, -0.15) is 0 Å². The van der Waals surface area contributed by atoms with Crippen molar-refractivity contribution < 1.29 is 9.84 Å². The second kappa shape index (κ2) is 5.73. The summed E-state index contributed by atoms with van der Waals surface area (Å²) >= 11 is 0. The lowest BCUT2D eigenvalue weighted by Crippen LogP contribution is -2.41. The van der Waals surface area contributed by atoms with Gasteiger partial charge in [-0.05, 0) is 25.5 Å². The fourth-order valence-electron chi connectivity index (χ4n) is 1.31. The number of benzene rings is 1. The van der Waals surface area contributed by atoms with E-state index in [1.165, 1.54) is 5.56 Å². The van der Waals surface area contributed by atoms with Crippen LogP contribution in [0, 0.1) is 6.92 Å². The van der Waals surface area contributed by atoms with Gasteiger partial charge in [0.2, 0.25) is 0 Å². The molecule has 0 bridgehead atoms. The first-order valence-electron chi connectivity index (χ1n) is 5.27. The zero-order chi connectivity index (χ0) is 11.3. The van der Waals surface area contributed by atoms with Crippen molar-refractivity contribution in [3.8, 4) is 5.75 Å². The predicted octanol–water partition coefficient (Wildman–Crippen LogP) is 1.47. The number of hydrogen-bond acceptors (Lipinski definition) is 3. The summed E-state index contributed by atoms with van der Waals surface area (Å²) in [5.74, 6) is 0.753. The third-order valence-electron chi connectivity index (χ3n) is 2.44. The Morgan fingerprint density at radius 3 is 2.40 bits per heavy atom. The molecule has 3 nitrogen and oxygen atoms in total. The molecule has 3 heteroatoms. The molecule has 2 atom stereocenters. The molecular weight excluding hydrogens is 190 g/mol. The van der Waals surface area contributed by atoms with Crippen LogP contribution in [0.4, 0.5) is 0 Å².